The number of carbonyl (C=O) groups excluding carboxylic acids is 1. The van der Waals surface area contributed by atoms with Gasteiger partial charge in [0.05, 0.1) is 0 Å². The molecule has 0 aliphatic carbocycles. The molecule has 6 heteroatoms. The number of urea groups is 1. The summed E-state index contributed by atoms with van der Waals surface area (Å²) in [6.45, 7) is 6.72. The molecule has 0 aromatic carbocycles. The van der Waals surface area contributed by atoms with Crippen molar-refractivity contribution in [1.82, 2.24) is 15.1 Å². The summed E-state index contributed by atoms with van der Waals surface area (Å²) in [6.07, 6.45) is 1.11. The van der Waals surface area contributed by atoms with Crippen molar-refractivity contribution in [2.24, 2.45) is 5.92 Å². The van der Waals surface area contributed by atoms with Gasteiger partial charge in [-0.15, -0.1) is 0 Å². The number of hydrogen-bond acceptors (Lipinski definition) is 3. The van der Waals surface area contributed by atoms with Crippen LogP contribution in [0.1, 0.15) is 26.7 Å². The van der Waals surface area contributed by atoms with Gasteiger partial charge in [-0.2, -0.15) is 0 Å². The molecule has 0 spiro atoms. The molecule has 0 aromatic rings. The topological polar surface area (TPSA) is 72.9 Å². The number of hydrogen-bond donors (Lipinski definition) is 2. The quantitative estimate of drug-likeness (QED) is 0.777. The van der Waals surface area contributed by atoms with Crippen molar-refractivity contribution >= 4 is 12.0 Å². The molecule has 1 rings (SSSR count). The number of amides is 2. The van der Waals surface area contributed by atoms with Gasteiger partial charge in [0.2, 0.25) is 0 Å². The lowest BCUT2D eigenvalue weighted by atomic mass is 10.1. The molecule has 0 aromatic heterocycles. The molecule has 0 saturated carbocycles. The number of nitrogens with one attached hydrogen (secondary N) is 1. The second-order valence-corrected chi connectivity index (χ2v) is 5.38. The minimum atomic E-state index is -0.826. The van der Waals surface area contributed by atoms with Gasteiger partial charge in [0.15, 0.2) is 0 Å². The summed E-state index contributed by atoms with van der Waals surface area (Å²) >= 11 is 0. The number of nitrogens with zero attached hydrogens (tertiary/aromatic N) is 2. The molecule has 2 unspecified atom stereocenters. The average Bonchev–Trinajstić information content (AvgIpc) is 2.35. The molecule has 110 valence electrons. The van der Waals surface area contributed by atoms with Crippen molar-refractivity contribution in [2.75, 3.05) is 33.2 Å². The predicted molar refractivity (Wildman–Crippen MR) is 73.1 cm³/mol. The van der Waals surface area contributed by atoms with E-state index in [0.717, 1.165) is 26.1 Å². The lowest BCUT2D eigenvalue weighted by molar-refractivity contribution is -0.137. The maximum absolute atomic E-state index is 12.0. The molecular formula is C13H25N3O3. The maximum atomic E-state index is 12.0. The van der Waals surface area contributed by atoms with Gasteiger partial charge in [-0.25, -0.2) is 4.79 Å². The van der Waals surface area contributed by atoms with Gasteiger partial charge in [0.25, 0.3) is 0 Å². The lowest BCUT2D eigenvalue weighted by Gasteiger charge is -2.39. The highest BCUT2D eigenvalue weighted by molar-refractivity contribution is 5.74. The Kier molecular flexibility index (Phi) is 6.08. The van der Waals surface area contributed by atoms with E-state index < -0.39 is 5.97 Å². The zero-order chi connectivity index (χ0) is 14.4. The van der Waals surface area contributed by atoms with Crippen LogP contribution < -0.4 is 5.32 Å². The number of carboxylic acids is 1. The van der Waals surface area contributed by atoms with Crippen LogP contribution >= 0.6 is 0 Å². The molecule has 0 bridgehead atoms. The molecule has 2 atom stereocenters. The normalized spacial score (nSPS) is 22.1. The van der Waals surface area contributed by atoms with Crippen LogP contribution in [0.2, 0.25) is 0 Å². The van der Waals surface area contributed by atoms with Crippen LogP contribution in [0.15, 0.2) is 0 Å². The first kappa shape index (κ1) is 15.8. The number of aliphatic carboxylic acids is 1. The summed E-state index contributed by atoms with van der Waals surface area (Å²) in [5.41, 5.74) is 0. The average molecular weight is 271 g/mol. The summed E-state index contributed by atoms with van der Waals surface area (Å²) in [5, 5.41) is 11.5. The first-order valence-corrected chi connectivity index (χ1v) is 6.88. The molecular weight excluding hydrogens is 246 g/mol. The summed E-state index contributed by atoms with van der Waals surface area (Å²) < 4.78 is 0. The molecule has 1 heterocycles. The highest BCUT2D eigenvalue weighted by atomic mass is 16.4. The zero-order valence-corrected chi connectivity index (χ0v) is 12.1. The minimum absolute atomic E-state index is 0.0455. The van der Waals surface area contributed by atoms with Crippen molar-refractivity contribution in [3.63, 3.8) is 0 Å². The van der Waals surface area contributed by atoms with Crippen molar-refractivity contribution in [3.8, 4) is 0 Å². The maximum Gasteiger partial charge on any atom is 0.317 e. The molecule has 2 N–H and O–H groups in total. The fourth-order valence-electron chi connectivity index (χ4n) is 2.31. The van der Waals surface area contributed by atoms with Gasteiger partial charge in [-0.1, -0.05) is 13.8 Å². The van der Waals surface area contributed by atoms with E-state index in [1.165, 1.54) is 0 Å². The minimum Gasteiger partial charge on any atom is -0.481 e. The zero-order valence-electron chi connectivity index (χ0n) is 12.1. The van der Waals surface area contributed by atoms with Gasteiger partial charge >= 0.3 is 12.0 Å². The van der Waals surface area contributed by atoms with E-state index >= 15 is 0 Å². The lowest BCUT2D eigenvalue weighted by Crippen LogP contribution is -2.55. The largest absolute Gasteiger partial charge is 0.481 e. The number of piperazine rings is 1. The Morgan fingerprint density at radius 3 is 2.68 bits per heavy atom. The van der Waals surface area contributed by atoms with E-state index in [1.807, 2.05) is 11.8 Å². The van der Waals surface area contributed by atoms with Gasteiger partial charge in [0, 0.05) is 38.6 Å². The van der Waals surface area contributed by atoms with Gasteiger partial charge in [0.1, 0.15) is 0 Å². The molecule has 1 aliphatic rings. The van der Waals surface area contributed by atoms with Crippen LogP contribution in [0.4, 0.5) is 4.79 Å². The Labute approximate surface area is 114 Å². The molecule has 19 heavy (non-hydrogen) atoms. The van der Waals surface area contributed by atoms with Gasteiger partial charge in [-0.05, 0) is 19.4 Å². The van der Waals surface area contributed by atoms with Crippen LogP contribution in [0, 0.1) is 5.92 Å². The molecule has 1 saturated heterocycles. The van der Waals surface area contributed by atoms with Crippen LogP contribution in [0.3, 0.4) is 0 Å². The number of carbonyl (C=O) groups is 2. The summed E-state index contributed by atoms with van der Waals surface area (Å²) in [7, 11) is 2.08. The highest BCUT2D eigenvalue weighted by Gasteiger charge is 2.26. The molecule has 6 nitrogen and oxygen atoms in total. The Hall–Kier alpha value is -1.30. The van der Waals surface area contributed by atoms with Crippen LogP contribution in [-0.4, -0.2) is 66.2 Å². The summed E-state index contributed by atoms with van der Waals surface area (Å²) in [6, 6.07) is 0.333. The molecule has 1 fully saturated rings. The van der Waals surface area contributed by atoms with E-state index in [0.29, 0.717) is 12.6 Å². The van der Waals surface area contributed by atoms with Crippen molar-refractivity contribution in [2.45, 2.75) is 32.7 Å². The fourth-order valence-corrected chi connectivity index (χ4v) is 2.31. The van der Waals surface area contributed by atoms with E-state index in [4.69, 9.17) is 5.11 Å². The van der Waals surface area contributed by atoms with Gasteiger partial charge in [-0.3, -0.25) is 9.69 Å². The summed E-state index contributed by atoms with van der Waals surface area (Å²) in [5.74, 6) is -0.872. The van der Waals surface area contributed by atoms with E-state index in [-0.39, 0.29) is 18.4 Å². The van der Waals surface area contributed by atoms with Crippen molar-refractivity contribution in [3.05, 3.63) is 0 Å². The first-order valence-electron chi connectivity index (χ1n) is 6.88. The SMILES string of the molecule is CCC1CN(C(=O)NCC(C)CC(=O)O)CCN1C. The van der Waals surface area contributed by atoms with Gasteiger partial charge < -0.3 is 15.3 Å². The third-order valence-electron chi connectivity index (χ3n) is 3.66. The monoisotopic (exact) mass is 271 g/mol. The highest BCUT2D eigenvalue weighted by Crippen LogP contribution is 2.10. The van der Waals surface area contributed by atoms with Crippen LogP contribution in [-0.2, 0) is 4.79 Å². The third kappa shape index (κ3) is 5.06. The summed E-state index contributed by atoms with van der Waals surface area (Å²) in [4.78, 5) is 26.6. The second kappa shape index (κ2) is 7.33. The Balaban J connectivity index is 2.35. The van der Waals surface area contributed by atoms with Crippen LogP contribution in [0.25, 0.3) is 0 Å². The Morgan fingerprint density at radius 1 is 1.42 bits per heavy atom. The first-order chi connectivity index (χ1) is 8.93. The second-order valence-electron chi connectivity index (χ2n) is 5.38. The molecule has 0 radical (unpaired) electrons. The fraction of sp³-hybridized carbons (Fsp3) is 0.846. The Bertz CT molecular complexity index is 322. The molecule has 2 amide bonds. The van der Waals surface area contributed by atoms with E-state index in [9.17, 15) is 9.59 Å². The predicted octanol–water partition coefficient (Wildman–Crippen LogP) is 0.833. The Morgan fingerprint density at radius 2 is 2.11 bits per heavy atom. The number of carboxylic acid groups (broad SMARTS) is 1. The van der Waals surface area contributed by atoms with E-state index in [1.54, 1.807) is 0 Å². The molecule has 1 aliphatic heterocycles. The number of rotatable bonds is 5. The van der Waals surface area contributed by atoms with Crippen LogP contribution in [0.5, 0.6) is 0 Å². The van der Waals surface area contributed by atoms with Crippen molar-refractivity contribution < 1.29 is 14.7 Å². The standard InChI is InChI=1S/C13H25N3O3/c1-4-11-9-16(6-5-15(11)3)13(19)14-8-10(2)7-12(17)18/h10-11H,4-9H2,1-3H3,(H,14,19)(H,17,18). The van der Waals surface area contributed by atoms with Crippen molar-refractivity contribution in [1.29, 1.82) is 0 Å². The van der Waals surface area contributed by atoms with E-state index in [2.05, 4.69) is 24.2 Å². The number of likely N-dealkylation sites (N-methyl/N-ethyl adjacent to an activating group) is 1. The third-order valence-corrected chi connectivity index (χ3v) is 3.66. The smallest absolute Gasteiger partial charge is 0.317 e.